The highest BCUT2D eigenvalue weighted by atomic mass is 16.8. The SMILES string of the molecule is O=C1O[C@@H]([C@H]2COC3(CCCCC3)O2)C2OC3(CCCCC3)O[C@@H]12.OC1O[C@@H]([C@H]2COC3(CCCCC3)O2)C2OC3(CCCCC3)O[C@@H]12. The standard InChI is InChI=1S/C18H28O6.C18H26O6/c2*19-16-15-14(23-18(24-15)9-5-2-6-10-18)13(21-16)12-11-20-17(22-12)7-3-1-4-8-17/h12-16,19H,1-11H2;12-15H,1-11H2/t12-,13+,14?,15-,16?;12-,13+,14?,15-/m11/s1. The summed E-state index contributed by atoms with van der Waals surface area (Å²) in [5.74, 6) is -2.29. The van der Waals surface area contributed by atoms with Crippen LogP contribution in [0.25, 0.3) is 0 Å². The molecule has 6 heterocycles. The molecule has 0 aromatic carbocycles. The summed E-state index contributed by atoms with van der Waals surface area (Å²) in [4.78, 5) is 12.3. The Bertz CT molecular complexity index is 1160. The van der Waals surface area contributed by atoms with Crippen molar-refractivity contribution in [2.24, 2.45) is 0 Å². The molecule has 12 nitrogen and oxygen atoms in total. The maximum absolute atomic E-state index is 12.3. The number of rotatable bonds is 2. The van der Waals surface area contributed by atoms with Gasteiger partial charge in [0.2, 0.25) is 0 Å². The van der Waals surface area contributed by atoms with E-state index in [4.69, 9.17) is 47.4 Å². The van der Waals surface area contributed by atoms with Gasteiger partial charge in [0.1, 0.15) is 36.6 Å². The zero-order valence-electron chi connectivity index (χ0n) is 28.2. The molecule has 3 unspecified atom stereocenters. The normalized spacial score (nSPS) is 44.9. The Kier molecular flexibility index (Phi) is 8.87. The van der Waals surface area contributed by atoms with Crippen LogP contribution >= 0.6 is 0 Å². The van der Waals surface area contributed by atoms with Crippen LogP contribution in [0.3, 0.4) is 0 Å². The van der Waals surface area contributed by atoms with Gasteiger partial charge in [-0.1, -0.05) is 25.7 Å². The second-order valence-electron chi connectivity index (χ2n) is 16.0. The molecule has 0 radical (unpaired) electrons. The third-order valence-electron chi connectivity index (χ3n) is 12.7. The molecule has 0 bridgehead atoms. The topological polar surface area (TPSA) is 130 Å². The summed E-state index contributed by atoms with van der Waals surface area (Å²) in [5.41, 5.74) is 0. The first kappa shape index (κ1) is 32.9. The number of hydrogen-bond acceptors (Lipinski definition) is 12. The smallest absolute Gasteiger partial charge is 0.338 e. The number of carbonyl (C=O) groups is 1. The minimum absolute atomic E-state index is 0.185. The summed E-state index contributed by atoms with van der Waals surface area (Å²) in [6.07, 6.45) is 17.5. The van der Waals surface area contributed by atoms with Crippen LogP contribution < -0.4 is 0 Å². The van der Waals surface area contributed by atoms with Crippen molar-refractivity contribution in [2.75, 3.05) is 13.2 Å². The van der Waals surface area contributed by atoms with Crippen molar-refractivity contribution >= 4 is 5.97 Å². The first-order valence-electron chi connectivity index (χ1n) is 19.3. The van der Waals surface area contributed by atoms with Crippen molar-refractivity contribution in [3.05, 3.63) is 0 Å². The van der Waals surface area contributed by atoms with Crippen molar-refractivity contribution in [3.63, 3.8) is 0 Å². The van der Waals surface area contributed by atoms with E-state index in [2.05, 4.69) is 0 Å². The second kappa shape index (κ2) is 12.9. The lowest BCUT2D eigenvalue weighted by atomic mass is 9.94. The van der Waals surface area contributed by atoms with E-state index in [1.165, 1.54) is 25.7 Å². The Morgan fingerprint density at radius 1 is 0.458 bits per heavy atom. The van der Waals surface area contributed by atoms with Crippen LogP contribution in [0.2, 0.25) is 0 Å². The molecule has 12 heteroatoms. The maximum Gasteiger partial charge on any atom is 0.338 e. The number of aliphatic hydroxyl groups is 1. The third kappa shape index (κ3) is 5.97. The van der Waals surface area contributed by atoms with Gasteiger partial charge >= 0.3 is 5.97 Å². The lowest BCUT2D eigenvalue weighted by molar-refractivity contribution is -0.260. The van der Waals surface area contributed by atoms with E-state index < -0.39 is 47.8 Å². The van der Waals surface area contributed by atoms with Crippen molar-refractivity contribution in [3.8, 4) is 0 Å². The van der Waals surface area contributed by atoms with Gasteiger partial charge in [0.15, 0.2) is 41.6 Å². The van der Waals surface area contributed by atoms with Crippen LogP contribution in [-0.2, 0) is 52.2 Å². The quantitative estimate of drug-likeness (QED) is 0.408. The van der Waals surface area contributed by atoms with Gasteiger partial charge in [-0.15, -0.1) is 0 Å². The zero-order valence-corrected chi connectivity index (χ0v) is 28.2. The number of fused-ring (bicyclic) bond motifs is 2. The maximum atomic E-state index is 12.3. The Morgan fingerprint density at radius 3 is 1.44 bits per heavy atom. The summed E-state index contributed by atoms with van der Waals surface area (Å²) in [6.45, 7) is 0.981. The average Bonchev–Trinajstić information content (AvgIpc) is 3.95. The molecule has 270 valence electrons. The fourth-order valence-electron chi connectivity index (χ4n) is 10.2. The zero-order chi connectivity index (χ0) is 32.4. The van der Waals surface area contributed by atoms with Gasteiger partial charge in [-0.25, -0.2) is 4.79 Å². The molecule has 0 aromatic heterocycles. The Labute approximate surface area is 283 Å². The Morgan fingerprint density at radius 2 is 0.896 bits per heavy atom. The van der Waals surface area contributed by atoms with Crippen molar-refractivity contribution < 1.29 is 57.3 Å². The van der Waals surface area contributed by atoms with E-state index in [0.29, 0.717) is 13.2 Å². The minimum atomic E-state index is -0.937. The molecule has 4 spiro atoms. The van der Waals surface area contributed by atoms with Gasteiger partial charge in [0.05, 0.1) is 13.2 Å². The summed E-state index contributed by atoms with van der Waals surface area (Å²) in [6, 6.07) is 0. The molecule has 48 heavy (non-hydrogen) atoms. The predicted molar refractivity (Wildman–Crippen MR) is 165 cm³/mol. The fourth-order valence-corrected chi connectivity index (χ4v) is 10.2. The molecule has 10 rings (SSSR count). The van der Waals surface area contributed by atoms with Gasteiger partial charge < -0.3 is 52.5 Å². The lowest BCUT2D eigenvalue weighted by Gasteiger charge is -2.35. The summed E-state index contributed by atoms with van der Waals surface area (Å²) in [5, 5.41) is 10.3. The summed E-state index contributed by atoms with van der Waals surface area (Å²) in [7, 11) is 0. The van der Waals surface area contributed by atoms with E-state index >= 15 is 0 Å². The number of aliphatic hydroxyl groups excluding tert-OH is 1. The van der Waals surface area contributed by atoms with Gasteiger partial charge in [0.25, 0.3) is 0 Å². The van der Waals surface area contributed by atoms with Crippen LogP contribution in [0.4, 0.5) is 0 Å². The molecule has 10 fully saturated rings. The fraction of sp³-hybridized carbons (Fsp3) is 0.972. The Hall–Kier alpha value is -0.930. The van der Waals surface area contributed by atoms with Crippen molar-refractivity contribution in [2.45, 2.75) is 207 Å². The van der Waals surface area contributed by atoms with Crippen molar-refractivity contribution in [1.29, 1.82) is 0 Å². The molecule has 0 amide bonds. The highest BCUT2D eigenvalue weighted by Gasteiger charge is 2.63. The summed E-state index contributed by atoms with van der Waals surface area (Å²) < 4.78 is 60.9. The first-order chi connectivity index (χ1) is 23.4. The highest BCUT2D eigenvalue weighted by molar-refractivity contribution is 5.78. The molecule has 6 aliphatic heterocycles. The largest absolute Gasteiger partial charge is 0.455 e. The van der Waals surface area contributed by atoms with Crippen LogP contribution in [0, 0.1) is 0 Å². The number of ether oxygens (including phenoxy) is 10. The summed E-state index contributed by atoms with van der Waals surface area (Å²) >= 11 is 0. The molecule has 10 aliphatic rings. The molecule has 4 aliphatic carbocycles. The monoisotopic (exact) mass is 678 g/mol. The average molecular weight is 679 g/mol. The second-order valence-corrected chi connectivity index (χ2v) is 16.0. The van der Waals surface area contributed by atoms with E-state index in [9.17, 15) is 9.90 Å². The molecule has 4 saturated carbocycles. The van der Waals surface area contributed by atoms with Gasteiger partial charge in [-0.05, 0) is 51.4 Å². The third-order valence-corrected chi connectivity index (χ3v) is 12.7. The number of carbonyl (C=O) groups excluding carboxylic acids is 1. The van der Waals surface area contributed by atoms with Crippen LogP contribution in [0.5, 0.6) is 0 Å². The van der Waals surface area contributed by atoms with Crippen LogP contribution in [-0.4, -0.2) is 103 Å². The molecule has 6 saturated heterocycles. The van der Waals surface area contributed by atoms with Crippen molar-refractivity contribution in [1.82, 2.24) is 0 Å². The molecule has 9 atom stereocenters. The minimum Gasteiger partial charge on any atom is -0.455 e. The van der Waals surface area contributed by atoms with E-state index in [1.54, 1.807) is 0 Å². The van der Waals surface area contributed by atoms with Crippen LogP contribution in [0.1, 0.15) is 128 Å². The first-order valence-corrected chi connectivity index (χ1v) is 19.3. The predicted octanol–water partition coefficient (Wildman–Crippen LogP) is 4.66. The Balaban J connectivity index is 0.000000131. The van der Waals surface area contributed by atoms with E-state index in [0.717, 1.165) is 103 Å². The van der Waals surface area contributed by atoms with Gasteiger partial charge in [-0.3, -0.25) is 0 Å². The molecular weight excluding hydrogens is 624 g/mol. The number of hydrogen-bond donors (Lipinski definition) is 1. The van der Waals surface area contributed by atoms with E-state index in [1.807, 2.05) is 0 Å². The molecular formula is C36H54O12. The highest BCUT2D eigenvalue weighted by Crippen LogP contribution is 2.49. The number of esters is 1. The number of cyclic esters (lactones) is 1. The van der Waals surface area contributed by atoms with E-state index in [-0.39, 0.29) is 36.5 Å². The lowest BCUT2D eigenvalue weighted by Crippen LogP contribution is -2.43. The molecule has 1 N–H and O–H groups in total. The van der Waals surface area contributed by atoms with Crippen LogP contribution in [0.15, 0.2) is 0 Å². The van der Waals surface area contributed by atoms with Gasteiger partial charge in [0, 0.05) is 51.4 Å². The van der Waals surface area contributed by atoms with Gasteiger partial charge in [-0.2, -0.15) is 0 Å². The molecule has 0 aromatic rings.